The van der Waals surface area contributed by atoms with Gasteiger partial charge < -0.3 is 10.1 Å². The van der Waals surface area contributed by atoms with Crippen LogP contribution in [0.3, 0.4) is 0 Å². The molecule has 5 nitrogen and oxygen atoms in total. The summed E-state index contributed by atoms with van der Waals surface area (Å²) < 4.78 is 5.11. The zero-order valence-corrected chi connectivity index (χ0v) is 13.9. The predicted molar refractivity (Wildman–Crippen MR) is 92.2 cm³/mol. The molecule has 1 aliphatic heterocycles. The number of amides is 2. The second-order valence-electron chi connectivity index (χ2n) is 5.53. The largest absolute Gasteiger partial charge is 0.497 e. The molecule has 124 valence electrons. The van der Waals surface area contributed by atoms with E-state index >= 15 is 0 Å². The lowest BCUT2D eigenvalue weighted by Crippen LogP contribution is -2.38. The summed E-state index contributed by atoms with van der Waals surface area (Å²) in [6.45, 7) is 0.497. The first-order valence-electron chi connectivity index (χ1n) is 7.57. The van der Waals surface area contributed by atoms with Gasteiger partial charge in [0, 0.05) is 11.6 Å². The van der Waals surface area contributed by atoms with E-state index < -0.39 is 6.04 Å². The zero-order valence-electron chi connectivity index (χ0n) is 13.2. The van der Waals surface area contributed by atoms with Crippen molar-refractivity contribution in [2.24, 2.45) is 0 Å². The van der Waals surface area contributed by atoms with Crippen LogP contribution in [0.2, 0.25) is 5.02 Å². The minimum Gasteiger partial charge on any atom is -0.497 e. The molecule has 0 unspecified atom stereocenters. The normalized spacial score (nSPS) is 17.4. The second-order valence-corrected chi connectivity index (χ2v) is 5.97. The van der Waals surface area contributed by atoms with Crippen LogP contribution in [-0.4, -0.2) is 25.0 Å². The number of ether oxygens (including phenoxy) is 1. The Morgan fingerprint density at radius 3 is 2.62 bits per heavy atom. The quantitative estimate of drug-likeness (QED) is 0.847. The van der Waals surface area contributed by atoms with Gasteiger partial charge in [-0.15, -0.1) is 0 Å². The maximum absolute atomic E-state index is 12.5. The molecular weight excluding hydrogens is 328 g/mol. The molecule has 1 atom stereocenters. The monoisotopic (exact) mass is 344 g/mol. The fourth-order valence-electron chi connectivity index (χ4n) is 2.66. The fraction of sp³-hybridized carbons (Fsp3) is 0.222. The molecule has 0 saturated carbocycles. The predicted octanol–water partition coefficient (Wildman–Crippen LogP) is 2.77. The van der Waals surface area contributed by atoms with Crippen molar-refractivity contribution in [3.8, 4) is 5.75 Å². The minimum absolute atomic E-state index is 0.140. The molecule has 0 aliphatic carbocycles. The van der Waals surface area contributed by atoms with E-state index in [0.29, 0.717) is 17.3 Å². The van der Waals surface area contributed by atoms with Gasteiger partial charge in [0.1, 0.15) is 5.75 Å². The van der Waals surface area contributed by atoms with Crippen LogP contribution in [0.5, 0.6) is 5.75 Å². The van der Waals surface area contributed by atoms with Gasteiger partial charge in [-0.2, -0.15) is 0 Å². The van der Waals surface area contributed by atoms with Gasteiger partial charge in [0.15, 0.2) is 0 Å². The minimum atomic E-state index is -0.529. The summed E-state index contributed by atoms with van der Waals surface area (Å²) in [6.07, 6.45) is 0.140. The maximum atomic E-state index is 12.5. The average molecular weight is 345 g/mol. The number of carbonyl (C=O) groups excluding carboxylic acids is 2. The highest BCUT2D eigenvalue weighted by Crippen LogP contribution is 2.25. The Kier molecular flexibility index (Phi) is 4.83. The summed E-state index contributed by atoms with van der Waals surface area (Å²) >= 11 is 5.95. The number of halogens is 1. The number of imide groups is 1. The molecule has 24 heavy (non-hydrogen) atoms. The van der Waals surface area contributed by atoms with Crippen molar-refractivity contribution < 1.29 is 14.3 Å². The van der Waals surface area contributed by atoms with Gasteiger partial charge in [-0.3, -0.25) is 9.59 Å². The third kappa shape index (κ3) is 3.42. The summed E-state index contributed by atoms with van der Waals surface area (Å²) in [7, 11) is 1.61. The molecule has 0 spiro atoms. The first-order chi connectivity index (χ1) is 11.6. The fourth-order valence-corrected chi connectivity index (χ4v) is 2.85. The summed E-state index contributed by atoms with van der Waals surface area (Å²) in [5, 5.41) is 3.63. The molecule has 1 heterocycles. The van der Waals surface area contributed by atoms with E-state index in [1.807, 2.05) is 24.3 Å². The molecule has 3 rings (SSSR count). The molecule has 1 fully saturated rings. The zero-order chi connectivity index (χ0) is 17.1. The smallest absolute Gasteiger partial charge is 0.251 e. The first kappa shape index (κ1) is 16.5. The molecule has 2 aromatic carbocycles. The molecule has 1 saturated heterocycles. The Morgan fingerprint density at radius 2 is 1.96 bits per heavy atom. The lowest BCUT2D eigenvalue weighted by atomic mass is 10.2. The van der Waals surface area contributed by atoms with Gasteiger partial charge in [0.05, 0.1) is 25.3 Å². The molecule has 1 aliphatic rings. The van der Waals surface area contributed by atoms with E-state index in [2.05, 4.69) is 5.32 Å². The SMILES string of the molecule is COc1ccc(CN[C@@H]2CC(=O)N(c3cccc(Cl)c3)C2=O)cc1. The Morgan fingerprint density at radius 1 is 1.21 bits per heavy atom. The molecule has 0 radical (unpaired) electrons. The molecule has 0 bridgehead atoms. The molecule has 6 heteroatoms. The third-order valence-corrected chi connectivity index (χ3v) is 4.16. The maximum Gasteiger partial charge on any atom is 0.251 e. The molecule has 2 aromatic rings. The number of anilines is 1. The number of hydrogen-bond acceptors (Lipinski definition) is 4. The Bertz CT molecular complexity index is 761. The summed E-state index contributed by atoms with van der Waals surface area (Å²) in [5.41, 5.74) is 1.52. The lowest BCUT2D eigenvalue weighted by molar-refractivity contribution is -0.121. The van der Waals surface area contributed by atoms with Crippen LogP contribution in [0.1, 0.15) is 12.0 Å². The van der Waals surface area contributed by atoms with E-state index in [0.717, 1.165) is 11.3 Å². The number of benzene rings is 2. The van der Waals surface area contributed by atoms with Crippen molar-refractivity contribution in [1.82, 2.24) is 5.32 Å². The summed E-state index contributed by atoms with van der Waals surface area (Å²) in [5.74, 6) is 0.295. The van der Waals surface area contributed by atoms with Crippen molar-refractivity contribution in [3.05, 3.63) is 59.1 Å². The number of hydrogen-bond donors (Lipinski definition) is 1. The summed E-state index contributed by atoms with van der Waals surface area (Å²) in [4.78, 5) is 25.9. The van der Waals surface area contributed by atoms with Gasteiger partial charge in [-0.1, -0.05) is 29.8 Å². The van der Waals surface area contributed by atoms with Crippen LogP contribution in [0, 0.1) is 0 Å². The van der Waals surface area contributed by atoms with E-state index in [1.165, 1.54) is 4.90 Å². The van der Waals surface area contributed by atoms with E-state index in [-0.39, 0.29) is 18.2 Å². The highest BCUT2D eigenvalue weighted by molar-refractivity contribution is 6.31. The van der Waals surface area contributed by atoms with Gasteiger partial charge in [-0.25, -0.2) is 4.90 Å². The number of nitrogens with one attached hydrogen (secondary N) is 1. The number of rotatable bonds is 5. The van der Waals surface area contributed by atoms with Crippen molar-refractivity contribution in [1.29, 1.82) is 0 Å². The van der Waals surface area contributed by atoms with E-state index in [9.17, 15) is 9.59 Å². The van der Waals surface area contributed by atoms with Crippen molar-refractivity contribution in [3.63, 3.8) is 0 Å². The van der Waals surface area contributed by atoms with Crippen LogP contribution < -0.4 is 15.0 Å². The average Bonchev–Trinajstić information content (AvgIpc) is 2.87. The molecule has 2 amide bonds. The highest BCUT2D eigenvalue weighted by Gasteiger charge is 2.39. The first-order valence-corrected chi connectivity index (χ1v) is 7.95. The van der Waals surface area contributed by atoms with Crippen molar-refractivity contribution in [2.45, 2.75) is 19.0 Å². The topological polar surface area (TPSA) is 58.6 Å². The molecule has 1 N–H and O–H groups in total. The Hall–Kier alpha value is -2.37. The van der Waals surface area contributed by atoms with E-state index in [4.69, 9.17) is 16.3 Å². The van der Waals surface area contributed by atoms with Crippen LogP contribution in [0.15, 0.2) is 48.5 Å². The lowest BCUT2D eigenvalue weighted by Gasteiger charge is -2.16. The second kappa shape index (κ2) is 7.03. The van der Waals surface area contributed by atoms with Gasteiger partial charge >= 0.3 is 0 Å². The van der Waals surface area contributed by atoms with Crippen LogP contribution in [0.4, 0.5) is 5.69 Å². The van der Waals surface area contributed by atoms with Crippen molar-refractivity contribution >= 4 is 29.1 Å². The highest BCUT2D eigenvalue weighted by atomic mass is 35.5. The van der Waals surface area contributed by atoms with E-state index in [1.54, 1.807) is 31.4 Å². The Balaban J connectivity index is 1.67. The Labute approximate surface area is 145 Å². The number of carbonyl (C=O) groups is 2. The third-order valence-electron chi connectivity index (χ3n) is 3.92. The number of nitrogens with zero attached hydrogens (tertiary/aromatic N) is 1. The van der Waals surface area contributed by atoms with Gasteiger partial charge in [0.25, 0.3) is 5.91 Å². The van der Waals surface area contributed by atoms with Gasteiger partial charge in [0.2, 0.25) is 5.91 Å². The van der Waals surface area contributed by atoms with Gasteiger partial charge in [-0.05, 0) is 35.9 Å². The van der Waals surface area contributed by atoms with Crippen LogP contribution in [-0.2, 0) is 16.1 Å². The van der Waals surface area contributed by atoms with Crippen LogP contribution in [0.25, 0.3) is 0 Å². The standard InChI is InChI=1S/C18H17ClN2O3/c1-24-15-7-5-12(6-8-15)11-20-16-10-17(22)21(18(16)23)14-4-2-3-13(19)9-14/h2-9,16,20H,10-11H2,1H3/t16-/m1/s1. The number of methoxy groups -OCH3 is 1. The van der Waals surface area contributed by atoms with Crippen molar-refractivity contribution in [2.75, 3.05) is 12.0 Å². The molecule has 0 aromatic heterocycles. The molecular formula is C18H17ClN2O3. The summed E-state index contributed by atoms with van der Waals surface area (Å²) in [6, 6.07) is 13.8. The van der Waals surface area contributed by atoms with Crippen LogP contribution >= 0.6 is 11.6 Å².